The second-order valence-electron chi connectivity index (χ2n) is 8.71. The van der Waals surface area contributed by atoms with Crippen LogP contribution >= 0.6 is 57.6 Å². The van der Waals surface area contributed by atoms with Crippen LogP contribution in [0.1, 0.15) is 15.7 Å². The molecule has 4 aromatic rings. The number of thioether (sulfide) groups is 1. The predicted octanol–water partition coefficient (Wildman–Crippen LogP) is 5.71. The minimum absolute atomic E-state index is 0.253. The number of rotatable bonds is 5. The summed E-state index contributed by atoms with van der Waals surface area (Å²) in [5.74, 6) is -2.16. The van der Waals surface area contributed by atoms with Crippen LogP contribution in [0.4, 0.5) is 11.4 Å². The van der Waals surface area contributed by atoms with Crippen LogP contribution in [0, 0.1) is 5.92 Å². The first-order chi connectivity index (χ1) is 18.3. The number of anilines is 2. The Kier molecular flexibility index (Phi) is 6.69. The van der Waals surface area contributed by atoms with Crippen LogP contribution in [0.3, 0.4) is 0 Å². The number of thiazole rings is 1. The molecule has 192 valence electrons. The number of amides is 3. The minimum atomic E-state index is -0.722. The molecule has 38 heavy (non-hydrogen) atoms. The van der Waals surface area contributed by atoms with Gasteiger partial charge in [-0.2, -0.15) is 0 Å². The second-order valence-corrected chi connectivity index (χ2v) is 12.6. The molecule has 2 aliphatic rings. The summed E-state index contributed by atoms with van der Waals surface area (Å²) >= 11 is 15.7. The van der Waals surface area contributed by atoms with Gasteiger partial charge in [0, 0.05) is 21.4 Å². The largest absolute Gasteiger partial charge is 0.324 e. The molecule has 0 radical (unpaired) electrons. The van der Waals surface area contributed by atoms with Gasteiger partial charge >= 0.3 is 4.87 Å². The zero-order valence-corrected chi connectivity index (χ0v) is 23.3. The Bertz CT molecular complexity index is 1640. The van der Waals surface area contributed by atoms with Crippen molar-refractivity contribution < 1.29 is 14.4 Å². The molecule has 1 fully saturated rings. The highest BCUT2D eigenvalue weighted by molar-refractivity contribution is 8.00. The van der Waals surface area contributed by atoms with E-state index in [0.29, 0.717) is 31.3 Å². The summed E-state index contributed by atoms with van der Waals surface area (Å²) in [5, 5.41) is 5.12. The van der Waals surface area contributed by atoms with Crippen LogP contribution in [-0.4, -0.2) is 27.5 Å². The van der Waals surface area contributed by atoms with Crippen LogP contribution in [0.2, 0.25) is 10.0 Å². The number of fused-ring (bicyclic) bond motifs is 2. The Hall–Kier alpha value is -2.89. The number of thiophene rings is 1. The van der Waals surface area contributed by atoms with Crippen molar-refractivity contribution in [2.24, 2.45) is 5.92 Å². The van der Waals surface area contributed by atoms with Gasteiger partial charge in [0.1, 0.15) is 11.8 Å². The van der Waals surface area contributed by atoms with Gasteiger partial charge in [-0.1, -0.05) is 70.6 Å². The Morgan fingerprint density at radius 3 is 2.45 bits per heavy atom. The lowest BCUT2D eigenvalue weighted by Crippen LogP contribution is -2.32. The van der Waals surface area contributed by atoms with E-state index in [2.05, 4.69) is 5.32 Å². The third-order valence-corrected chi connectivity index (χ3v) is 10.7. The molecule has 3 unspecified atom stereocenters. The van der Waals surface area contributed by atoms with E-state index in [9.17, 15) is 19.2 Å². The van der Waals surface area contributed by atoms with Crippen LogP contribution < -0.4 is 15.1 Å². The first kappa shape index (κ1) is 25.4. The third kappa shape index (κ3) is 4.30. The lowest BCUT2D eigenvalue weighted by atomic mass is 9.87. The third-order valence-electron chi connectivity index (χ3n) is 6.42. The van der Waals surface area contributed by atoms with E-state index >= 15 is 0 Å². The Labute approximate surface area is 239 Å². The van der Waals surface area contributed by atoms with Gasteiger partial charge in [-0.15, -0.1) is 11.3 Å². The lowest BCUT2D eigenvalue weighted by molar-refractivity contribution is -0.122. The molecule has 2 aromatic heterocycles. The van der Waals surface area contributed by atoms with Gasteiger partial charge in [-0.25, -0.2) is 4.90 Å². The highest BCUT2D eigenvalue weighted by Crippen LogP contribution is 2.54. The molecule has 0 saturated carbocycles. The van der Waals surface area contributed by atoms with Crippen molar-refractivity contribution in [2.75, 3.05) is 10.2 Å². The van der Waals surface area contributed by atoms with Crippen molar-refractivity contribution in [1.29, 1.82) is 0 Å². The maximum absolute atomic E-state index is 13.7. The standard InChI is InChI=1S/C26H17Cl2N3O4S3/c27-15-9-8-13(11-16(15)28)29-18(32)12-30-25-22(38-26(30)35)19(17-7-4-10-36-17)20-21(37-25)24(34)31(23(20)33)14-5-2-1-3-6-14/h1-11,19-21H,12H2,(H,29,32). The predicted molar refractivity (Wildman–Crippen MR) is 152 cm³/mol. The molecule has 1 N–H and O–H groups in total. The van der Waals surface area contributed by atoms with Crippen molar-refractivity contribution in [3.63, 3.8) is 0 Å². The fourth-order valence-electron chi connectivity index (χ4n) is 4.78. The number of para-hydroxylation sites is 1. The van der Waals surface area contributed by atoms with Crippen molar-refractivity contribution >= 4 is 86.7 Å². The van der Waals surface area contributed by atoms with E-state index in [1.807, 2.05) is 23.6 Å². The van der Waals surface area contributed by atoms with E-state index in [-0.39, 0.29) is 23.2 Å². The molecule has 4 heterocycles. The zero-order valence-electron chi connectivity index (χ0n) is 19.3. The van der Waals surface area contributed by atoms with Crippen molar-refractivity contribution in [3.8, 4) is 0 Å². The SMILES string of the molecule is O=C(Cn1c2c(sc1=O)C(c1cccs1)C1C(=O)N(c3ccccc3)C(=O)C1S2)Nc1ccc(Cl)c(Cl)c1. The van der Waals surface area contributed by atoms with Gasteiger partial charge in [-0.05, 0) is 41.8 Å². The molecule has 6 rings (SSSR count). The van der Waals surface area contributed by atoms with Crippen molar-refractivity contribution in [2.45, 2.75) is 22.7 Å². The van der Waals surface area contributed by atoms with Crippen LogP contribution in [0.25, 0.3) is 0 Å². The zero-order chi connectivity index (χ0) is 26.6. The second kappa shape index (κ2) is 10.0. The summed E-state index contributed by atoms with van der Waals surface area (Å²) in [4.78, 5) is 55.9. The summed E-state index contributed by atoms with van der Waals surface area (Å²) < 4.78 is 1.39. The molecule has 2 aliphatic heterocycles. The molecule has 0 aliphatic carbocycles. The van der Waals surface area contributed by atoms with Gasteiger partial charge in [-0.3, -0.25) is 23.7 Å². The monoisotopic (exact) mass is 601 g/mol. The molecule has 1 saturated heterocycles. The summed E-state index contributed by atoms with van der Waals surface area (Å²) in [6, 6.07) is 17.4. The van der Waals surface area contributed by atoms with E-state index < -0.39 is 23.0 Å². The van der Waals surface area contributed by atoms with Crippen molar-refractivity contribution in [3.05, 3.63) is 95.5 Å². The Morgan fingerprint density at radius 2 is 1.74 bits per heavy atom. The van der Waals surface area contributed by atoms with Crippen molar-refractivity contribution in [1.82, 2.24) is 4.57 Å². The van der Waals surface area contributed by atoms with E-state index in [1.54, 1.807) is 36.4 Å². The molecule has 3 amide bonds. The normalized spacial score (nSPS) is 20.4. The number of carbonyl (C=O) groups excluding carboxylic acids is 3. The Morgan fingerprint density at radius 1 is 0.947 bits per heavy atom. The number of hydrogen-bond donors (Lipinski definition) is 1. The van der Waals surface area contributed by atoms with E-state index in [0.717, 1.165) is 16.2 Å². The molecular formula is C26H17Cl2N3O4S3. The summed E-state index contributed by atoms with van der Waals surface area (Å²) in [7, 11) is 0. The van der Waals surface area contributed by atoms with Gasteiger partial charge in [0.2, 0.25) is 17.7 Å². The Balaban J connectivity index is 1.37. The molecule has 0 spiro atoms. The summed E-state index contributed by atoms with van der Waals surface area (Å²) in [6.07, 6.45) is 0. The number of benzene rings is 2. The number of aromatic nitrogens is 1. The van der Waals surface area contributed by atoms with Crippen LogP contribution in [-0.2, 0) is 20.9 Å². The number of hydrogen-bond acceptors (Lipinski definition) is 7. The number of nitrogens with zero attached hydrogens (tertiary/aromatic N) is 2. The number of imide groups is 1. The quantitative estimate of drug-likeness (QED) is 0.296. The van der Waals surface area contributed by atoms with Gasteiger partial charge < -0.3 is 5.32 Å². The fourth-order valence-corrected chi connectivity index (χ4v) is 8.80. The highest BCUT2D eigenvalue weighted by Gasteiger charge is 2.57. The molecule has 0 bridgehead atoms. The summed E-state index contributed by atoms with van der Waals surface area (Å²) in [5.41, 5.74) is 0.963. The maximum atomic E-state index is 13.7. The van der Waals surface area contributed by atoms with Gasteiger partial charge in [0.15, 0.2) is 0 Å². The first-order valence-corrected chi connectivity index (χ1v) is 14.8. The number of carbonyl (C=O) groups is 3. The maximum Gasteiger partial charge on any atom is 0.308 e. The van der Waals surface area contributed by atoms with Gasteiger partial charge in [0.05, 0.1) is 26.7 Å². The minimum Gasteiger partial charge on any atom is -0.324 e. The van der Waals surface area contributed by atoms with Crippen LogP contribution in [0.15, 0.2) is 75.9 Å². The summed E-state index contributed by atoms with van der Waals surface area (Å²) in [6.45, 7) is -0.253. The average molecular weight is 603 g/mol. The topological polar surface area (TPSA) is 88.5 Å². The fraction of sp³-hybridized carbons (Fsp3) is 0.154. The highest BCUT2D eigenvalue weighted by atomic mass is 35.5. The number of nitrogens with one attached hydrogen (secondary N) is 1. The average Bonchev–Trinajstić information content (AvgIpc) is 3.59. The lowest BCUT2D eigenvalue weighted by Gasteiger charge is -2.29. The molecule has 3 atom stereocenters. The first-order valence-electron chi connectivity index (χ1n) is 11.4. The molecule has 7 nitrogen and oxygen atoms in total. The number of halogens is 2. The molecule has 12 heteroatoms. The van der Waals surface area contributed by atoms with Crippen LogP contribution in [0.5, 0.6) is 0 Å². The molecular weight excluding hydrogens is 585 g/mol. The van der Waals surface area contributed by atoms with E-state index in [1.165, 1.54) is 38.6 Å². The molecule has 2 aromatic carbocycles. The van der Waals surface area contributed by atoms with Gasteiger partial charge in [0.25, 0.3) is 0 Å². The van der Waals surface area contributed by atoms with E-state index in [4.69, 9.17) is 23.2 Å². The smallest absolute Gasteiger partial charge is 0.308 e.